The van der Waals surface area contributed by atoms with Crippen LogP contribution in [0.1, 0.15) is 13.3 Å². The van der Waals surface area contributed by atoms with Crippen molar-refractivity contribution in [3.05, 3.63) is 0 Å². The van der Waals surface area contributed by atoms with Gasteiger partial charge in [-0.1, -0.05) is 6.92 Å². The lowest BCUT2D eigenvalue weighted by atomic mass is 10.4. The third-order valence-corrected chi connectivity index (χ3v) is 2.58. The van der Waals surface area contributed by atoms with Crippen molar-refractivity contribution < 1.29 is 4.74 Å². The van der Waals surface area contributed by atoms with Crippen LogP contribution in [0, 0.1) is 5.92 Å². The van der Waals surface area contributed by atoms with Gasteiger partial charge in [-0.05, 0) is 12.3 Å². The molecule has 0 spiro atoms. The summed E-state index contributed by atoms with van der Waals surface area (Å²) in [6, 6.07) is 0.906. The summed E-state index contributed by atoms with van der Waals surface area (Å²) in [6.07, 6.45) is 1.42. The van der Waals surface area contributed by atoms with Crippen molar-refractivity contribution in [2.24, 2.45) is 5.92 Å². The maximum Gasteiger partial charge on any atom is 0.0594 e. The first-order valence-electron chi connectivity index (χ1n) is 4.20. The van der Waals surface area contributed by atoms with E-state index >= 15 is 0 Å². The summed E-state index contributed by atoms with van der Waals surface area (Å²) >= 11 is 0. The molecular weight excluding hydrogens is 126 g/mol. The molecule has 2 nitrogen and oxygen atoms in total. The first-order chi connectivity index (χ1) is 4.88. The Labute approximate surface area is 62.2 Å². The lowest BCUT2D eigenvalue weighted by Gasteiger charge is -2.26. The van der Waals surface area contributed by atoms with Crippen molar-refractivity contribution in [3.8, 4) is 0 Å². The van der Waals surface area contributed by atoms with E-state index in [2.05, 4.69) is 11.8 Å². The Morgan fingerprint density at radius 3 is 2.40 bits per heavy atom. The molecule has 1 heterocycles. The van der Waals surface area contributed by atoms with Gasteiger partial charge in [0.2, 0.25) is 0 Å². The Hall–Kier alpha value is -0.0800. The maximum atomic E-state index is 5.27. The van der Waals surface area contributed by atoms with E-state index in [0.29, 0.717) is 0 Å². The standard InChI is InChI=1S/C8H15NO/c1-7-6-8(7)9-2-4-10-5-3-9/h7-8H,2-6H2,1H3/t7-,8?/m1/s1. The molecule has 2 heteroatoms. The molecule has 1 unspecified atom stereocenters. The van der Waals surface area contributed by atoms with Gasteiger partial charge in [0, 0.05) is 19.1 Å². The normalized spacial score (nSPS) is 41.7. The van der Waals surface area contributed by atoms with Gasteiger partial charge < -0.3 is 4.74 Å². The zero-order valence-corrected chi connectivity index (χ0v) is 6.55. The van der Waals surface area contributed by atoms with Crippen LogP contribution in [0.3, 0.4) is 0 Å². The molecule has 0 N–H and O–H groups in total. The number of ether oxygens (including phenoxy) is 1. The van der Waals surface area contributed by atoms with E-state index in [1.807, 2.05) is 0 Å². The quantitative estimate of drug-likeness (QED) is 0.533. The SMILES string of the molecule is C[C@@H]1CC1N1CCOCC1. The fraction of sp³-hybridized carbons (Fsp3) is 1.00. The van der Waals surface area contributed by atoms with Gasteiger partial charge in [0.1, 0.15) is 0 Å². The molecule has 1 saturated heterocycles. The molecule has 1 saturated carbocycles. The van der Waals surface area contributed by atoms with Crippen molar-refractivity contribution in [2.45, 2.75) is 19.4 Å². The molecule has 0 radical (unpaired) electrons. The van der Waals surface area contributed by atoms with Gasteiger partial charge in [-0.25, -0.2) is 0 Å². The second kappa shape index (κ2) is 2.51. The highest BCUT2D eigenvalue weighted by Crippen LogP contribution is 2.34. The third kappa shape index (κ3) is 1.18. The van der Waals surface area contributed by atoms with Gasteiger partial charge in [0.15, 0.2) is 0 Å². The molecule has 2 fully saturated rings. The molecule has 0 aromatic carbocycles. The van der Waals surface area contributed by atoms with Crippen LogP contribution in [0.25, 0.3) is 0 Å². The van der Waals surface area contributed by atoms with E-state index in [4.69, 9.17) is 4.74 Å². The van der Waals surface area contributed by atoms with E-state index in [-0.39, 0.29) is 0 Å². The van der Waals surface area contributed by atoms with E-state index in [0.717, 1.165) is 38.3 Å². The summed E-state index contributed by atoms with van der Waals surface area (Å²) in [5.41, 5.74) is 0. The molecule has 0 amide bonds. The molecule has 2 aliphatic rings. The fourth-order valence-corrected chi connectivity index (χ4v) is 1.72. The zero-order valence-electron chi connectivity index (χ0n) is 6.55. The lowest BCUT2D eigenvalue weighted by molar-refractivity contribution is 0.0320. The van der Waals surface area contributed by atoms with Gasteiger partial charge in [-0.15, -0.1) is 0 Å². The summed E-state index contributed by atoms with van der Waals surface area (Å²) in [6.45, 7) is 6.55. The highest BCUT2D eigenvalue weighted by molar-refractivity contribution is 4.92. The minimum Gasteiger partial charge on any atom is -0.379 e. The monoisotopic (exact) mass is 141 g/mol. The summed E-state index contributed by atoms with van der Waals surface area (Å²) in [5.74, 6) is 0.957. The smallest absolute Gasteiger partial charge is 0.0594 e. The van der Waals surface area contributed by atoms with Crippen LogP contribution in [-0.4, -0.2) is 37.2 Å². The Morgan fingerprint density at radius 2 is 1.90 bits per heavy atom. The van der Waals surface area contributed by atoms with Crippen molar-refractivity contribution in [2.75, 3.05) is 26.3 Å². The van der Waals surface area contributed by atoms with Crippen LogP contribution in [0.15, 0.2) is 0 Å². The number of hydrogen-bond acceptors (Lipinski definition) is 2. The van der Waals surface area contributed by atoms with Gasteiger partial charge in [-0.3, -0.25) is 4.90 Å². The van der Waals surface area contributed by atoms with Crippen LogP contribution in [0.4, 0.5) is 0 Å². The Bertz CT molecular complexity index is 120. The molecule has 2 atom stereocenters. The predicted molar refractivity (Wildman–Crippen MR) is 40.0 cm³/mol. The van der Waals surface area contributed by atoms with Gasteiger partial charge in [0.25, 0.3) is 0 Å². The van der Waals surface area contributed by atoms with Crippen LogP contribution >= 0.6 is 0 Å². The van der Waals surface area contributed by atoms with Crippen molar-refractivity contribution in [1.29, 1.82) is 0 Å². The first kappa shape index (κ1) is 6.62. The average molecular weight is 141 g/mol. The number of morpholine rings is 1. The molecule has 0 bridgehead atoms. The second-order valence-corrected chi connectivity index (χ2v) is 3.43. The largest absolute Gasteiger partial charge is 0.379 e. The van der Waals surface area contributed by atoms with Crippen LogP contribution in [-0.2, 0) is 4.74 Å². The Balaban J connectivity index is 1.81. The topological polar surface area (TPSA) is 12.5 Å². The molecule has 58 valence electrons. The lowest BCUT2D eigenvalue weighted by Crippen LogP contribution is -2.38. The summed E-state index contributed by atoms with van der Waals surface area (Å²) in [4.78, 5) is 2.56. The number of nitrogens with zero attached hydrogens (tertiary/aromatic N) is 1. The first-order valence-corrected chi connectivity index (χ1v) is 4.20. The predicted octanol–water partition coefficient (Wildman–Crippen LogP) is 0.727. The molecule has 0 aromatic rings. The molecule has 10 heavy (non-hydrogen) atoms. The van der Waals surface area contributed by atoms with Gasteiger partial charge >= 0.3 is 0 Å². The fourth-order valence-electron chi connectivity index (χ4n) is 1.72. The average Bonchev–Trinajstić information content (AvgIpc) is 2.69. The molecule has 1 aliphatic heterocycles. The van der Waals surface area contributed by atoms with Crippen LogP contribution in [0.5, 0.6) is 0 Å². The Morgan fingerprint density at radius 1 is 1.30 bits per heavy atom. The maximum absolute atomic E-state index is 5.27. The van der Waals surface area contributed by atoms with Gasteiger partial charge in [-0.2, -0.15) is 0 Å². The van der Waals surface area contributed by atoms with Crippen molar-refractivity contribution >= 4 is 0 Å². The summed E-state index contributed by atoms with van der Waals surface area (Å²) in [5, 5.41) is 0. The molecule has 2 rings (SSSR count). The van der Waals surface area contributed by atoms with E-state index in [1.54, 1.807) is 0 Å². The van der Waals surface area contributed by atoms with E-state index in [1.165, 1.54) is 6.42 Å². The minimum atomic E-state index is 0.906. The highest BCUT2D eigenvalue weighted by atomic mass is 16.5. The molecular formula is C8H15NO. The van der Waals surface area contributed by atoms with Gasteiger partial charge in [0.05, 0.1) is 13.2 Å². The molecule has 0 aromatic heterocycles. The van der Waals surface area contributed by atoms with E-state index < -0.39 is 0 Å². The highest BCUT2D eigenvalue weighted by Gasteiger charge is 2.38. The number of rotatable bonds is 1. The van der Waals surface area contributed by atoms with Crippen molar-refractivity contribution in [3.63, 3.8) is 0 Å². The summed E-state index contributed by atoms with van der Waals surface area (Å²) in [7, 11) is 0. The zero-order chi connectivity index (χ0) is 6.97. The van der Waals surface area contributed by atoms with Crippen LogP contribution < -0.4 is 0 Å². The third-order valence-electron chi connectivity index (χ3n) is 2.58. The summed E-state index contributed by atoms with van der Waals surface area (Å²) < 4.78 is 5.27. The number of hydrogen-bond donors (Lipinski definition) is 0. The minimum absolute atomic E-state index is 0.906. The van der Waals surface area contributed by atoms with Crippen LogP contribution in [0.2, 0.25) is 0 Å². The van der Waals surface area contributed by atoms with E-state index in [9.17, 15) is 0 Å². The second-order valence-electron chi connectivity index (χ2n) is 3.43. The molecule has 1 aliphatic carbocycles. The Kier molecular flexibility index (Phi) is 1.66. The van der Waals surface area contributed by atoms with Crippen molar-refractivity contribution in [1.82, 2.24) is 4.90 Å².